The van der Waals surface area contributed by atoms with Gasteiger partial charge in [-0.25, -0.2) is 0 Å². The van der Waals surface area contributed by atoms with Crippen molar-refractivity contribution in [3.05, 3.63) is 22.3 Å². The maximum absolute atomic E-state index is 11.2. The van der Waals surface area contributed by atoms with E-state index < -0.39 is 7.82 Å². The van der Waals surface area contributed by atoms with Gasteiger partial charge in [-0.1, -0.05) is 72.6 Å². The summed E-state index contributed by atoms with van der Waals surface area (Å²) in [7, 11) is -5.11. The summed E-state index contributed by atoms with van der Waals surface area (Å²) in [5, 5.41) is 0. The molecule has 3 atom stereocenters. The number of hydrogen-bond donors (Lipinski definition) is 0. The van der Waals surface area contributed by atoms with Crippen molar-refractivity contribution in [1.82, 2.24) is 0 Å². The molecule has 0 aromatic heterocycles. The van der Waals surface area contributed by atoms with E-state index in [4.69, 9.17) is 9.26 Å². The number of phosphoric acid groups is 1. The summed E-state index contributed by atoms with van der Waals surface area (Å²) in [6.45, 7) is 17.1. The summed E-state index contributed by atoms with van der Waals surface area (Å²) < 4.78 is 22.6. The Hall–Kier alpha value is 0.970. The zero-order valence-electron chi connectivity index (χ0n) is 25.5. The van der Waals surface area contributed by atoms with E-state index in [1.54, 1.807) is 6.92 Å². The topological polar surface area (TPSA) is 81.7 Å². The fourth-order valence-corrected chi connectivity index (χ4v) is 6.01. The van der Waals surface area contributed by atoms with Crippen molar-refractivity contribution in [3.63, 3.8) is 0 Å². The maximum atomic E-state index is 11.2. The third kappa shape index (κ3) is 12.6. The van der Waals surface area contributed by atoms with E-state index in [1.165, 1.54) is 44.9 Å². The molecule has 202 valence electrons. The van der Waals surface area contributed by atoms with Crippen LogP contribution in [-0.4, -0.2) is 5.60 Å². The molecule has 2 rings (SSSR count). The van der Waals surface area contributed by atoms with Crippen LogP contribution in [-0.2, 0) is 11.0 Å². The van der Waals surface area contributed by atoms with Crippen LogP contribution in [0.25, 0.3) is 0 Å². The van der Waals surface area contributed by atoms with E-state index in [2.05, 4.69) is 34.6 Å². The minimum Gasteiger partial charge on any atom is -0.780 e. The molecule has 0 saturated carbocycles. The van der Waals surface area contributed by atoms with Gasteiger partial charge in [-0.05, 0) is 87.8 Å². The van der Waals surface area contributed by atoms with Gasteiger partial charge in [-0.2, -0.15) is 0 Å². The van der Waals surface area contributed by atoms with Crippen molar-refractivity contribution in [3.8, 4) is 11.5 Å². The molecule has 37 heavy (non-hydrogen) atoms. The molecule has 0 saturated heterocycles. The number of ether oxygens (including phenoxy) is 1. The second-order valence-electron chi connectivity index (χ2n) is 12.0. The summed E-state index contributed by atoms with van der Waals surface area (Å²) in [5.41, 5.74) is 2.95. The molecule has 0 bridgehead atoms. The van der Waals surface area contributed by atoms with Gasteiger partial charge in [0.1, 0.15) is 24.9 Å². The van der Waals surface area contributed by atoms with Crippen molar-refractivity contribution < 1.29 is 82.7 Å². The Labute approximate surface area is 271 Å². The minimum absolute atomic E-state index is 0. The second-order valence-corrected chi connectivity index (χ2v) is 13.0. The van der Waals surface area contributed by atoms with Gasteiger partial charge in [-0.3, -0.25) is 0 Å². The Kier molecular flexibility index (Phi) is 17.5. The van der Waals surface area contributed by atoms with Crippen LogP contribution in [0.3, 0.4) is 0 Å². The van der Waals surface area contributed by atoms with Gasteiger partial charge in [0.25, 0.3) is 0 Å². The summed E-state index contributed by atoms with van der Waals surface area (Å²) in [6.07, 6.45) is 13.1. The van der Waals surface area contributed by atoms with E-state index >= 15 is 0 Å². The molecule has 5 nitrogen and oxygen atoms in total. The molecular weight excluding hydrogens is 505 g/mol. The summed E-state index contributed by atoms with van der Waals surface area (Å²) in [4.78, 5) is 22.5. The first-order valence-corrected chi connectivity index (χ1v) is 15.2. The van der Waals surface area contributed by atoms with Gasteiger partial charge < -0.3 is 23.6 Å². The molecule has 0 N–H and O–H groups in total. The molecule has 0 aliphatic carbocycles. The van der Waals surface area contributed by atoms with E-state index in [9.17, 15) is 14.4 Å². The third-order valence-corrected chi connectivity index (χ3v) is 8.45. The van der Waals surface area contributed by atoms with Crippen LogP contribution < -0.4 is 78.2 Å². The van der Waals surface area contributed by atoms with Crippen LogP contribution in [0.4, 0.5) is 0 Å². The fourth-order valence-electron chi connectivity index (χ4n) is 5.51. The number of rotatable bonds is 14. The molecule has 0 unspecified atom stereocenters. The van der Waals surface area contributed by atoms with Crippen molar-refractivity contribution in [1.29, 1.82) is 0 Å². The first-order chi connectivity index (χ1) is 16.2. The van der Waals surface area contributed by atoms with Crippen LogP contribution in [0.5, 0.6) is 11.5 Å². The Morgan fingerprint density at radius 1 is 0.865 bits per heavy atom. The van der Waals surface area contributed by atoms with Gasteiger partial charge >= 0.3 is 59.1 Å². The van der Waals surface area contributed by atoms with Crippen molar-refractivity contribution in [2.75, 3.05) is 0 Å². The van der Waals surface area contributed by atoms with Gasteiger partial charge in [0.15, 0.2) is 0 Å². The van der Waals surface area contributed by atoms with Crippen LogP contribution in [0.15, 0.2) is 0 Å². The molecule has 1 heterocycles. The zero-order valence-corrected chi connectivity index (χ0v) is 30.4. The predicted molar refractivity (Wildman–Crippen MR) is 141 cm³/mol. The Morgan fingerprint density at radius 3 is 1.89 bits per heavy atom. The zero-order chi connectivity index (χ0) is 26.4. The SMILES string of the molecule is Cc1c(C)c2c(c(C)c1OP(=O)([O-])[O-])CC[C@@](C)(CCC[C@H](C)CCC[C@H](C)CCCC(C)C)O2.[Na+].[Na+]. The van der Waals surface area contributed by atoms with Crippen LogP contribution in [0, 0.1) is 38.5 Å². The van der Waals surface area contributed by atoms with E-state index in [-0.39, 0.29) is 70.5 Å². The summed E-state index contributed by atoms with van der Waals surface area (Å²) in [5.74, 6) is 3.40. The van der Waals surface area contributed by atoms with E-state index in [0.717, 1.165) is 60.3 Å². The standard InChI is InChI=1S/C29H51O5P.2Na/c1-20(2)12-9-13-21(3)14-10-15-22(4)16-11-18-29(8)19-17-26-25(7)27(34-35(30,31)32)23(5)24(6)28(26)33-29;;/h20-22H,9-19H2,1-8H3,(H2,30,31,32);;/q;2*+1/p-2/t21-,22-,29-;;/m1../s1. The molecule has 1 aliphatic heterocycles. The van der Waals surface area contributed by atoms with Gasteiger partial charge in [0.2, 0.25) is 0 Å². The number of phosphoric ester groups is 1. The molecule has 1 aromatic rings. The second kappa shape index (κ2) is 17.0. The maximum Gasteiger partial charge on any atom is 1.00 e. The predicted octanol–water partition coefficient (Wildman–Crippen LogP) is 1.35. The summed E-state index contributed by atoms with van der Waals surface area (Å²) >= 11 is 0. The van der Waals surface area contributed by atoms with Crippen molar-refractivity contribution in [2.45, 2.75) is 132 Å². The van der Waals surface area contributed by atoms with Crippen LogP contribution in [0.2, 0.25) is 0 Å². The normalized spacial score (nSPS) is 18.8. The van der Waals surface area contributed by atoms with Gasteiger partial charge in [0.05, 0.1) is 0 Å². The molecule has 0 amide bonds. The quantitative estimate of drug-likeness (QED) is 0.256. The van der Waals surface area contributed by atoms with Crippen LogP contribution in [0.1, 0.15) is 121 Å². The van der Waals surface area contributed by atoms with Gasteiger partial charge in [-0.15, -0.1) is 0 Å². The number of benzene rings is 1. The van der Waals surface area contributed by atoms with Crippen molar-refractivity contribution in [2.24, 2.45) is 17.8 Å². The fraction of sp³-hybridized carbons (Fsp3) is 0.793. The van der Waals surface area contributed by atoms with Crippen molar-refractivity contribution >= 4 is 7.82 Å². The Morgan fingerprint density at radius 2 is 1.38 bits per heavy atom. The average Bonchev–Trinajstić information content (AvgIpc) is 2.74. The van der Waals surface area contributed by atoms with Gasteiger partial charge in [0, 0.05) is 5.56 Å². The molecule has 0 fully saturated rings. The monoisotopic (exact) mass is 554 g/mol. The molecule has 1 aromatic carbocycles. The molecule has 1 aliphatic rings. The van der Waals surface area contributed by atoms with E-state index in [1.807, 2.05) is 13.8 Å². The minimum atomic E-state index is -5.11. The smallest absolute Gasteiger partial charge is 0.780 e. The molecule has 0 spiro atoms. The van der Waals surface area contributed by atoms with E-state index in [0.29, 0.717) is 11.1 Å². The Bertz CT molecular complexity index is 886. The first-order valence-electron chi connectivity index (χ1n) is 13.8. The number of hydrogen-bond acceptors (Lipinski definition) is 5. The molecule has 0 radical (unpaired) electrons. The number of fused-ring (bicyclic) bond motifs is 1. The first kappa shape index (κ1) is 38.0. The molecular formula is C29H49Na2O5P. The largest absolute Gasteiger partial charge is 1.00 e. The summed E-state index contributed by atoms with van der Waals surface area (Å²) in [6, 6.07) is 0. The Balaban J connectivity index is 0.00000648. The third-order valence-electron chi connectivity index (χ3n) is 8.04. The van der Waals surface area contributed by atoms with Crippen LogP contribution >= 0.6 is 7.82 Å². The average molecular weight is 555 g/mol. The molecule has 8 heteroatoms.